The second-order valence-corrected chi connectivity index (χ2v) is 5.00. The van der Waals surface area contributed by atoms with E-state index in [0.717, 1.165) is 16.9 Å². The number of aromatic hydroxyl groups is 1. The van der Waals surface area contributed by atoms with Crippen molar-refractivity contribution in [1.82, 2.24) is 0 Å². The standard InChI is InChI=1S/C19H16N4O/c24-18-13-11-15(12-14-18)19(22-20-16-7-3-1-4-8-16)23-21-17-9-5-2-6-10-17/h1-14,20,24H/b22-19+,23-21?. The maximum Gasteiger partial charge on any atom is 0.201 e. The van der Waals surface area contributed by atoms with E-state index >= 15 is 0 Å². The molecule has 0 bridgehead atoms. The maximum absolute atomic E-state index is 9.44. The lowest BCUT2D eigenvalue weighted by Gasteiger charge is -2.03. The first-order chi connectivity index (χ1) is 11.8. The Labute approximate surface area is 140 Å². The van der Waals surface area contributed by atoms with E-state index in [2.05, 4.69) is 20.8 Å². The number of azo groups is 1. The molecule has 0 unspecified atom stereocenters. The summed E-state index contributed by atoms with van der Waals surface area (Å²) in [5.41, 5.74) is 5.30. The molecule has 5 heteroatoms. The molecule has 5 nitrogen and oxygen atoms in total. The second-order valence-electron chi connectivity index (χ2n) is 5.00. The molecule has 0 amide bonds. The van der Waals surface area contributed by atoms with Gasteiger partial charge in [-0.25, -0.2) is 0 Å². The summed E-state index contributed by atoms with van der Waals surface area (Å²) in [6.07, 6.45) is 0. The van der Waals surface area contributed by atoms with Gasteiger partial charge in [-0.05, 0) is 48.5 Å². The van der Waals surface area contributed by atoms with Crippen molar-refractivity contribution < 1.29 is 5.11 Å². The van der Waals surface area contributed by atoms with Gasteiger partial charge >= 0.3 is 0 Å². The average Bonchev–Trinajstić information content (AvgIpc) is 2.64. The third kappa shape index (κ3) is 4.27. The molecule has 0 aliphatic carbocycles. The van der Waals surface area contributed by atoms with Crippen LogP contribution in [0.25, 0.3) is 0 Å². The van der Waals surface area contributed by atoms with Crippen LogP contribution in [0.2, 0.25) is 0 Å². The summed E-state index contributed by atoms with van der Waals surface area (Å²) in [5.74, 6) is 0.608. The van der Waals surface area contributed by atoms with Crippen molar-refractivity contribution in [3.63, 3.8) is 0 Å². The van der Waals surface area contributed by atoms with Crippen LogP contribution >= 0.6 is 0 Å². The Morgan fingerprint density at radius 3 is 2.04 bits per heavy atom. The molecule has 0 heterocycles. The van der Waals surface area contributed by atoms with Crippen molar-refractivity contribution in [3.8, 4) is 5.75 Å². The van der Waals surface area contributed by atoms with Gasteiger partial charge in [-0.3, -0.25) is 5.43 Å². The summed E-state index contributed by atoms with van der Waals surface area (Å²) in [4.78, 5) is 0. The molecule has 3 aromatic carbocycles. The lowest BCUT2D eigenvalue weighted by molar-refractivity contribution is 0.475. The molecule has 0 fully saturated rings. The maximum atomic E-state index is 9.44. The number of hydrazone groups is 1. The Kier molecular flexibility index (Phi) is 4.94. The van der Waals surface area contributed by atoms with Crippen molar-refractivity contribution in [2.75, 3.05) is 5.43 Å². The molecule has 0 aromatic heterocycles. The number of benzene rings is 3. The van der Waals surface area contributed by atoms with Crippen LogP contribution in [0.1, 0.15) is 5.56 Å². The van der Waals surface area contributed by atoms with E-state index < -0.39 is 0 Å². The van der Waals surface area contributed by atoms with Crippen molar-refractivity contribution in [1.29, 1.82) is 0 Å². The first-order valence-electron chi connectivity index (χ1n) is 7.46. The van der Waals surface area contributed by atoms with Crippen LogP contribution in [0.4, 0.5) is 11.4 Å². The third-order valence-corrected chi connectivity index (χ3v) is 3.21. The van der Waals surface area contributed by atoms with E-state index in [4.69, 9.17) is 0 Å². The van der Waals surface area contributed by atoms with E-state index in [-0.39, 0.29) is 5.75 Å². The Bertz CT molecular complexity index is 828. The van der Waals surface area contributed by atoms with Crippen LogP contribution in [0.15, 0.2) is 100 Å². The van der Waals surface area contributed by atoms with Gasteiger partial charge in [-0.15, -0.1) is 10.2 Å². The fourth-order valence-electron chi connectivity index (χ4n) is 1.99. The Balaban J connectivity index is 1.88. The van der Waals surface area contributed by atoms with E-state index in [1.165, 1.54) is 0 Å². The molecule has 0 radical (unpaired) electrons. The normalized spacial score (nSPS) is 11.6. The van der Waals surface area contributed by atoms with Gasteiger partial charge in [-0.2, -0.15) is 5.10 Å². The topological polar surface area (TPSA) is 69.3 Å². The Morgan fingerprint density at radius 1 is 0.750 bits per heavy atom. The number of anilines is 1. The van der Waals surface area contributed by atoms with Crippen LogP contribution < -0.4 is 5.43 Å². The third-order valence-electron chi connectivity index (χ3n) is 3.21. The Morgan fingerprint density at radius 2 is 1.38 bits per heavy atom. The molecule has 0 spiro atoms. The quantitative estimate of drug-likeness (QED) is 0.309. The minimum atomic E-state index is 0.189. The molecule has 2 N–H and O–H groups in total. The van der Waals surface area contributed by atoms with Crippen LogP contribution in [0.5, 0.6) is 5.75 Å². The van der Waals surface area contributed by atoms with Gasteiger partial charge in [-0.1, -0.05) is 36.4 Å². The molecule has 24 heavy (non-hydrogen) atoms. The monoisotopic (exact) mass is 316 g/mol. The molecule has 0 saturated heterocycles. The molecular formula is C19H16N4O. The molecule has 3 aromatic rings. The van der Waals surface area contributed by atoms with Crippen LogP contribution in [0.3, 0.4) is 0 Å². The summed E-state index contributed by atoms with van der Waals surface area (Å²) in [6.45, 7) is 0. The fourth-order valence-corrected chi connectivity index (χ4v) is 1.99. The minimum Gasteiger partial charge on any atom is -0.508 e. The van der Waals surface area contributed by atoms with Gasteiger partial charge in [0.05, 0.1) is 11.4 Å². The largest absolute Gasteiger partial charge is 0.508 e. The lowest BCUT2D eigenvalue weighted by Crippen LogP contribution is -2.01. The van der Waals surface area contributed by atoms with Crippen molar-refractivity contribution in [2.24, 2.45) is 15.3 Å². The lowest BCUT2D eigenvalue weighted by atomic mass is 10.2. The van der Waals surface area contributed by atoms with E-state index in [0.29, 0.717) is 5.84 Å². The molecule has 0 atom stereocenters. The number of amidine groups is 1. The molecule has 118 valence electrons. The van der Waals surface area contributed by atoms with Gasteiger partial charge < -0.3 is 5.11 Å². The van der Waals surface area contributed by atoms with Gasteiger partial charge in [0, 0.05) is 5.56 Å². The smallest absolute Gasteiger partial charge is 0.201 e. The zero-order chi connectivity index (χ0) is 16.6. The highest BCUT2D eigenvalue weighted by atomic mass is 16.3. The van der Waals surface area contributed by atoms with Crippen LogP contribution in [-0.4, -0.2) is 10.9 Å². The number of hydrogen-bond acceptors (Lipinski definition) is 4. The van der Waals surface area contributed by atoms with Crippen molar-refractivity contribution in [3.05, 3.63) is 90.5 Å². The van der Waals surface area contributed by atoms with Crippen molar-refractivity contribution in [2.45, 2.75) is 0 Å². The number of nitrogens with one attached hydrogen (secondary N) is 1. The SMILES string of the molecule is Oc1ccc(/C(N=Nc2ccccc2)=N\Nc2ccccc2)cc1. The van der Waals surface area contributed by atoms with E-state index in [1.807, 2.05) is 60.7 Å². The first-order valence-corrected chi connectivity index (χ1v) is 7.46. The molecular weight excluding hydrogens is 300 g/mol. The van der Waals surface area contributed by atoms with Gasteiger partial charge in [0.2, 0.25) is 5.84 Å². The minimum absolute atomic E-state index is 0.189. The zero-order valence-corrected chi connectivity index (χ0v) is 12.9. The highest BCUT2D eigenvalue weighted by molar-refractivity contribution is 5.99. The summed E-state index contributed by atoms with van der Waals surface area (Å²) in [6, 6.07) is 25.7. The fraction of sp³-hybridized carbons (Fsp3) is 0. The van der Waals surface area contributed by atoms with Gasteiger partial charge in [0.1, 0.15) is 5.75 Å². The van der Waals surface area contributed by atoms with Crippen LogP contribution in [0, 0.1) is 0 Å². The van der Waals surface area contributed by atoms with Gasteiger partial charge in [0.25, 0.3) is 0 Å². The summed E-state index contributed by atoms with van der Waals surface area (Å²) in [7, 11) is 0. The predicted molar refractivity (Wildman–Crippen MR) is 95.7 cm³/mol. The second kappa shape index (κ2) is 7.69. The molecule has 0 aliphatic heterocycles. The Hall–Kier alpha value is -3.47. The van der Waals surface area contributed by atoms with Crippen molar-refractivity contribution >= 4 is 17.2 Å². The van der Waals surface area contributed by atoms with E-state index in [9.17, 15) is 5.11 Å². The average molecular weight is 316 g/mol. The van der Waals surface area contributed by atoms with Crippen LogP contribution in [-0.2, 0) is 0 Å². The number of phenols is 1. The highest BCUT2D eigenvalue weighted by Crippen LogP contribution is 2.15. The summed E-state index contributed by atoms with van der Waals surface area (Å²) in [5, 5.41) is 22.2. The first kappa shape index (κ1) is 15.4. The number of nitrogens with zero attached hydrogens (tertiary/aromatic N) is 3. The van der Waals surface area contributed by atoms with E-state index in [1.54, 1.807) is 24.3 Å². The molecule has 0 aliphatic rings. The number of phenolic OH excluding ortho intramolecular Hbond substituents is 1. The molecule has 3 rings (SSSR count). The summed E-state index contributed by atoms with van der Waals surface area (Å²) < 4.78 is 0. The predicted octanol–water partition coefficient (Wildman–Crippen LogP) is 4.95. The number of rotatable bonds is 4. The molecule has 0 saturated carbocycles. The number of hydrogen-bond donors (Lipinski definition) is 2. The zero-order valence-electron chi connectivity index (χ0n) is 12.9. The van der Waals surface area contributed by atoms with Gasteiger partial charge in [0.15, 0.2) is 0 Å². The number of para-hydroxylation sites is 1. The summed E-state index contributed by atoms with van der Waals surface area (Å²) >= 11 is 0. The highest BCUT2D eigenvalue weighted by Gasteiger charge is 2.03.